The second-order valence-corrected chi connectivity index (χ2v) is 4.75. The number of carbonyl (C=O) groups is 1. The van der Waals surface area contributed by atoms with E-state index < -0.39 is 0 Å². The molecule has 0 aliphatic carbocycles. The summed E-state index contributed by atoms with van der Waals surface area (Å²) in [6.45, 7) is -0.128. The molecule has 22 heavy (non-hydrogen) atoms. The SMILES string of the molecule is COc1cccc(C=NNC(=O)COc2ccc(Cl)cc2)c1. The van der Waals surface area contributed by atoms with Crippen LogP contribution in [0.25, 0.3) is 0 Å². The zero-order valence-corrected chi connectivity index (χ0v) is 12.7. The van der Waals surface area contributed by atoms with Crippen LogP contribution in [-0.4, -0.2) is 25.8 Å². The van der Waals surface area contributed by atoms with Crippen molar-refractivity contribution in [3.05, 3.63) is 59.1 Å². The van der Waals surface area contributed by atoms with Gasteiger partial charge < -0.3 is 9.47 Å². The van der Waals surface area contributed by atoms with E-state index in [2.05, 4.69) is 10.5 Å². The molecule has 0 radical (unpaired) electrons. The maximum atomic E-state index is 11.6. The molecule has 0 aliphatic heterocycles. The fourth-order valence-electron chi connectivity index (χ4n) is 1.61. The highest BCUT2D eigenvalue weighted by Gasteiger charge is 2.01. The van der Waals surface area contributed by atoms with Crippen molar-refractivity contribution in [2.45, 2.75) is 0 Å². The molecule has 0 heterocycles. The third kappa shape index (κ3) is 5.10. The first-order valence-corrected chi connectivity index (χ1v) is 6.89. The summed E-state index contributed by atoms with van der Waals surface area (Å²) >= 11 is 5.76. The standard InChI is InChI=1S/C16H15ClN2O3/c1-21-15-4-2-3-12(9-15)10-18-19-16(20)11-22-14-7-5-13(17)6-8-14/h2-10H,11H2,1H3,(H,19,20). The molecule has 5 nitrogen and oxygen atoms in total. The first kappa shape index (κ1) is 15.9. The fraction of sp³-hybridized carbons (Fsp3) is 0.125. The van der Waals surface area contributed by atoms with E-state index in [0.29, 0.717) is 10.8 Å². The van der Waals surface area contributed by atoms with Gasteiger partial charge in [0.05, 0.1) is 13.3 Å². The molecule has 0 spiro atoms. The van der Waals surface area contributed by atoms with E-state index in [4.69, 9.17) is 21.1 Å². The molecular weight excluding hydrogens is 304 g/mol. The average molecular weight is 319 g/mol. The minimum absolute atomic E-state index is 0.128. The van der Waals surface area contributed by atoms with Gasteiger partial charge in [0.2, 0.25) is 0 Å². The number of carbonyl (C=O) groups excluding carboxylic acids is 1. The van der Waals surface area contributed by atoms with E-state index in [1.165, 1.54) is 6.21 Å². The average Bonchev–Trinajstić information content (AvgIpc) is 2.54. The monoisotopic (exact) mass is 318 g/mol. The van der Waals surface area contributed by atoms with Gasteiger partial charge in [0.1, 0.15) is 11.5 Å². The van der Waals surface area contributed by atoms with Gasteiger partial charge in [-0.05, 0) is 42.0 Å². The van der Waals surface area contributed by atoms with E-state index in [1.54, 1.807) is 37.4 Å². The van der Waals surface area contributed by atoms with Crippen LogP contribution in [0.15, 0.2) is 53.6 Å². The Balaban J connectivity index is 1.79. The van der Waals surface area contributed by atoms with Crippen molar-refractivity contribution < 1.29 is 14.3 Å². The van der Waals surface area contributed by atoms with Crippen LogP contribution in [-0.2, 0) is 4.79 Å². The predicted molar refractivity (Wildman–Crippen MR) is 85.7 cm³/mol. The van der Waals surface area contributed by atoms with Gasteiger partial charge >= 0.3 is 0 Å². The largest absolute Gasteiger partial charge is 0.497 e. The van der Waals surface area contributed by atoms with Gasteiger partial charge in [-0.25, -0.2) is 5.43 Å². The quantitative estimate of drug-likeness (QED) is 0.658. The maximum Gasteiger partial charge on any atom is 0.277 e. The lowest BCUT2D eigenvalue weighted by atomic mass is 10.2. The highest BCUT2D eigenvalue weighted by molar-refractivity contribution is 6.30. The summed E-state index contributed by atoms with van der Waals surface area (Å²) in [5.74, 6) is 0.937. The lowest BCUT2D eigenvalue weighted by Gasteiger charge is -2.04. The number of nitrogens with one attached hydrogen (secondary N) is 1. The van der Waals surface area contributed by atoms with Crippen LogP contribution < -0.4 is 14.9 Å². The number of amides is 1. The minimum atomic E-state index is -0.353. The highest BCUT2D eigenvalue weighted by atomic mass is 35.5. The predicted octanol–water partition coefficient (Wildman–Crippen LogP) is 2.88. The number of hydrazone groups is 1. The molecule has 0 saturated heterocycles. The molecule has 0 fully saturated rings. The molecule has 1 N–H and O–H groups in total. The van der Waals surface area contributed by atoms with Gasteiger partial charge in [0.25, 0.3) is 5.91 Å². The van der Waals surface area contributed by atoms with Crippen molar-refractivity contribution >= 4 is 23.7 Å². The summed E-state index contributed by atoms with van der Waals surface area (Å²) in [5.41, 5.74) is 3.21. The van der Waals surface area contributed by atoms with Crippen LogP contribution in [0.3, 0.4) is 0 Å². The summed E-state index contributed by atoms with van der Waals surface area (Å²) in [5, 5.41) is 4.47. The number of halogens is 1. The molecule has 0 bridgehead atoms. The van der Waals surface area contributed by atoms with Crippen LogP contribution >= 0.6 is 11.6 Å². The Morgan fingerprint density at radius 2 is 2.00 bits per heavy atom. The van der Waals surface area contributed by atoms with Gasteiger partial charge in [-0.15, -0.1) is 0 Å². The molecule has 0 unspecified atom stereocenters. The number of hydrogen-bond donors (Lipinski definition) is 1. The van der Waals surface area contributed by atoms with Crippen LogP contribution in [0.5, 0.6) is 11.5 Å². The third-order valence-corrected chi connectivity index (χ3v) is 2.93. The Morgan fingerprint density at radius 1 is 1.23 bits per heavy atom. The smallest absolute Gasteiger partial charge is 0.277 e. The first-order valence-electron chi connectivity index (χ1n) is 6.52. The molecule has 0 atom stereocenters. The van der Waals surface area contributed by atoms with Gasteiger partial charge in [0, 0.05) is 5.02 Å². The number of rotatable bonds is 6. The summed E-state index contributed by atoms with van der Waals surface area (Å²) in [4.78, 5) is 11.6. The van der Waals surface area contributed by atoms with Crippen LogP contribution in [0, 0.1) is 0 Å². The number of methoxy groups -OCH3 is 1. The molecule has 6 heteroatoms. The maximum absolute atomic E-state index is 11.6. The van der Waals surface area contributed by atoms with Crippen molar-refractivity contribution in [1.82, 2.24) is 5.43 Å². The number of benzene rings is 2. The lowest BCUT2D eigenvalue weighted by Crippen LogP contribution is -2.24. The molecule has 0 saturated carbocycles. The molecule has 2 aromatic carbocycles. The second kappa shape index (κ2) is 8.05. The summed E-state index contributed by atoms with van der Waals surface area (Å²) in [6, 6.07) is 14.1. The van der Waals surface area contributed by atoms with Gasteiger partial charge in [-0.2, -0.15) is 5.10 Å². The Labute approximate surface area is 133 Å². The normalized spacial score (nSPS) is 10.5. The highest BCUT2D eigenvalue weighted by Crippen LogP contribution is 2.15. The van der Waals surface area contributed by atoms with Crippen LogP contribution in [0.1, 0.15) is 5.56 Å². The number of ether oxygens (including phenoxy) is 2. The molecule has 2 aromatic rings. The molecule has 114 valence electrons. The van der Waals surface area contributed by atoms with E-state index >= 15 is 0 Å². The second-order valence-electron chi connectivity index (χ2n) is 4.31. The van der Waals surface area contributed by atoms with Gasteiger partial charge in [-0.3, -0.25) is 4.79 Å². The summed E-state index contributed by atoms with van der Waals surface area (Å²) < 4.78 is 10.4. The van der Waals surface area contributed by atoms with Crippen LogP contribution in [0.2, 0.25) is 5.02 Å². The molecule has 0 aromatic heterocycles. The van der Waals surface area contributed by atoms with Gasteiger partial charge in [-0.1, -0.05) is 23.7 Å². The Morgan fingerprint density at radius 3 is 2.73 bits per heavy atom. The Bertz CT molecular complexity index is 657. The zero-order valence-electron chi connectivity index (χ0n) is 12.0. The molecular formula is C16H15ClN2O3. The number of hydrogen-bond acceptors (Lipinski definition) is 4. The summed E-state index contributed by atoms with van der Waals surface area (Å²) in [6.07, 6.45) is 1.53. The Hall–Kier alpha value is -2.53. The minimum Gasteiger partial charge on any atom is -0.497 e. The fourth-order valence-corrected chi connectivity index (χ4v) is 1.74. The topological polar surface area (TPSA) is 59.9 Å². The Kier molecular flexibility index (Phi) is 5.80. The molecule has 2 rings (SSSR count). The van der Waals surface area contributed by atoms with Gasteiger partial charge in [0.15, 0.2) is 6.61 Å². The van der Waals surface area contributed by atoms with Crippen molar-refractivity contribution in [2.24, 2.45) is 5.10 Å². The van der Waals surface area contributed by atoms with Crippen LogP contribution in [0.4, 0.5) is 0 Å². The molecule has 0 aliphatic rings. The van der Waals surface area contributed by atoms with Crippen molar-refractivity contribution in [3.63, 3.8) is 0 Å². The molecule has 1 amide bonds. The zero-order chi connectivity index (χ0) is 15.8. The third-order valence-electron chi connectivity index (χ3n) is 2.68. The number of nitrogens with zero attached hydrogens (tertiary/aromatic N) is 1. The lowest BCUT2D eigenvalue weighted by molar-refractivity contribution is -0.123. The van der Waals surface area contributed by atoms with E-state index in [9.17, 15) is 4.79 Å². The van der Waals surface area contributed by atoms with E-state index in [-0.39, 0.29) is 12.5 Å². The summed E-state index contributed by atoms with van der Waals surface area (Å²) in [7, 11) is 1.59. The van der Waals surface area contributed by atoms with Crippen molar-refractivity contribution in [1.29, 1.82) is 0 Å². The van der Waals surface area contributed by atoms with E-state index in [0.717, 1.165) is 11.3 Å². The first-order chi connectivity index (χ1) is 10.7. The van der Waals surface area contributed by atoms with Crippen molar-refractivity contribution in [3.8, 4) is 11.5 Å². The van der Waals surface area contributed by atoms with Crippen molar-refractivity contribution in [2.75, 3.05) is 13.7 Å². The van der Waals surface area contributed by atoms with E-state index in [1.807, 2.05) is 18.2 Å².